The number of nitrogens with zero attached hydrogens (tertiary/aromatic N) is 2. The van der Waals surface area contributed by atoms with Gasteiger partial charge < -0.3 is 15.0 Å². The number of hydrogen-bond donors (Lipinski definition) is 1. The molecule has 0 unspecified atom stereocenters. The minimum Gasteiger partial charge on any atom is -0.496 e. The molecule has 0 saturated carbocycles. The fraction of sp³-hybridized carbons (Fsp3) is 0.333. The molecule has 24 heavy (non-hydrogen) atoms. The highest BCUT2D eigenvalue weighted by Gasteiger charge is 2.17. The van der Waals surface area contributed by atoms with Gasteiger partial charge in [0.2, 0.25) is 0 Å². The maximum atomic E-state index is 12.3. The van der Waals surface area contributed by atoms with Crippen LogP contribution in [0.2, 0.25) is 5.02 Å². The van der Waals surface area contributed by atoms with E-state index in [0.717, 1.165) is 17.0 Å². The number of carbonyl (C=O) groups excluding carboxylic acids is 1. The van der Waals surface area contributed by atoms with Crippen LogP contribution in [0.15, 0.2) is 42.6 Å². The molecule has 0 spiro atoms. The van der Waals surface area contributed by atoms with Gasteiger partial charge in [-0.1, -0.05) is 17.7 Å². The standard InChI is InChI=1S/C18H22ClN3O2/c1-13(16-6-4-5-10-20-16)22(2)18(23)21-11-9-14-12-15(19)7-8-17(14)24-3/h4-8,10,12-13H,9,11H2,1-3H3,(H,21,23)/t13-/m0/s1. The van der Waals surface area contributed by atoms with Gasteiger partial charge in [0.25, 0.3) is 0 Å². The van der Waals surface area contributed by atoms with Crippen LogP contribution in [0, 0.1) is 0 Å². The van der Waals surface area contributed by atoms with Crippen LogP contribution in [0.3, 0.4) is 0 Å². The third-order valence-electron chi connectivity index (χ3n) is 3.93. The maximum Gasteiger partial charge on any atom is 0.317 e. The number of urea groups is 1. The van der Waals surface area contributed by atoms with Crippen molar-refractivity contribution in [2.24, 2.45) is 0 Å². The molecule has 1 heterocycles. The van der Waals surface area contributed by atoms with Crippen molar-refractivity contribution in [1.29, 1.82) is 0 Å². The first kappa shape index (κ1) is 18.1. The minimum atomic E-state index is -0.144. The van der Waals surface area contributed by atoms with Crippen LogP contribution in [0.4, 0.5) is 4.79 Å². The number of pyridine rings is 1. The molecule has 2 amide bonds. The summed E-state index contributed by atoms with van der Waals surface area (Å²) in [6.45, 7) is 2.44. The van der Waals surface area contributed by atoms with E-state index in [9.17, 15) is 4.79 Å². The minimum absolute atomic E-state index is 0.105. The summed E-state index contributed by atoms with van der Waals surface area (Å²) < 4.78 is 5.31. The molecule has 128 valence electrons. The summed E-state index contributed by atoms with van der Waals surface area (Å²) in [5.41, 5.74) is 1.82. The number of aromatic nitrogens is 1. The molecule has 0 fully saturated rings. The van der Waals surface area contributed by atoms with Crippen LogP contribution in [0.5, 0.6) is 5.75 Å². The number of amides is 2. The Bertz CT molecular complexity index is 679. The lowest BCUT2D eigenvalue weighted by Crippen LogP contribution is -2.39. The predicted molar refractivity (Wildman–Crippen MR) is 95.5 cm³/mol. The smallest absolute Gasteiger partial charge is 0.317 e. The van der Waals surface area contributed by atoms with E-state index < -0.39 is 0 Å². The SMILES string of the molecule is COc1ccc(Cl)cc1CCNC(=O)N(C)[C@@H](C)c1ccccn1. The zero-order valence-corrected chi connectivity index (χ0v) is 14.9. The van der Waals surface area contributed by atoms with Gasteiger partial charge in [-0.05, 0) is 49.2 Å². The lowest BCUT2D eigenvalue weighted by Gasteiger charge is -2.24. The molecule has 5 nitrogen and oxygen atoms in total. The van der Waals surface area contributed by atoms with Crippen LogP contribution < -0.4 is 10.1 Å². The Balaban J connectivity index is 1.90. The molecule has 1 atom stereocenters. The quantitative estimate of drug-likeness (QED) is 0.867. The van der Waals surface area contributed by atoms with Crippen molar-refractivity contribution in [2.75, 3.05) is 20.7 Å². The van der Waals surface area contributed by atoms with Crippen LogP contribution in [-0.4, -0.2) is 36.6 Å². The van der Waals surface area contributed by atoms with Gasteiger partial charge in [-0.25, -0.2) is 4.79 Å². The van der Waals surface area contributed by atoms with Crippen LogP contribution >= 0.6 is 11.6 Å². The normalized spacial score (nSPS) is 11.7. The van der Waals surface area contributed by atoms with Gasteiger partial charge >= 0.3 is 6.03 Å². The van der Waals surface area contributed by atoms with Gasteiger partial charge in [-0.15, -0.1) is 0 Å². The third-order valence-corrected chi connectivity index (χ3v) is 4.17. The second-order valence-electron chi connectivity index (χ2n) is 5.48. The lowest BCUT2D eigenvalue weighted by molar-refractivity contribution is 0.193. The predicted octanol–water partition coefficient (Wildman–Crippen LogP) is 3.69. The Morgan fingerprint density at radius 2 is 2.17 bits per heavy atom. The second kappa shape index (κ2) is 8.55. The first-order valence-corrected chi connectivity index (χ1v) is 8.14. The van der Waals surface area contributed by atoms with E-state index in [1.54, 1.807) is 31.3 Å². The first-order chi connectivity index (χ1) is 11.5. The highest BCUT2D eigenvalue weighted by molar-refractivity contribution is 6.30. The molecule has 2 aromatic rings. The van der Waals surface area contributed by atoms with E-state index in [1.807, 2.05) is 37.3 Å². The molecule has 6 heteroatoms. The fourth-order valence-corrected chi connectivity index (χ4v) is 2.56. The third kappa shape index (κ3) is 4.61. The summed E-state index contributed by atoms with van der Waals surface area (Å²) in [6.07, 6.45) is 2.37. The molecule has 0 radical (unpaired) electrons. The number of methoxy groups -OCH3 is 1. The summed E-state index contributed by atoms with van der Waals surface area (Å²) in [5, 5.41) is 3.56. The topological polar surface area (TPSA) is 54.5 Å². The average Bonchev–Trinajstić information content (AvgIpc) is 2.61. The van der Waals surface area contributed by atoms with Crippen LogP contribution in [-0.2, 0) is 6.42 Å². The van der Waals surface area contributed by atoms with Gasteiger partial charge in [0, 0.05) is 24.8 Å². The van der Waals surface area contributed by atoms with Crippen molar-refractivity contribution in [3.63, 3.8) is 0 Å². The lowest BCUT2D eigenvalue weighted by atomic mass is 10.1. The first-order valence-electron chi connectivity index (χ1n) is 7.77. The van der Waals surface area contributed by atoms with Gasteiger partial charge in [0.15, 0.2) is 0 Å². The summed E-state index contributed by atoms with van der Waals surface area (Å²) in [5.74, 6) is 0.767. The van der Waals surface area contributed by atoms with E-state index >= 15 is 0 Å². The highest BCUT2D eigenvalue weighted by atomic mass is 35.5. The van der Waals surface area contributed by atoms with Crippen molar-refractivity contribution >= 4 is 17.6 Å². The number of carbonyl (C=O) groups is 1. The number of benzene rings is 1. The average molecular weight is 348 g/mol. The largest absolute Gasteiger partial charge is 0.496 e. The van der Waals surface area contributed by atoms with E-state index in [2.05, 4.69) is 10.3 Å². The number of nitrogens with one attached hydrogen (secondary N) is 1. The molecular formula is C18H22ClN3O2. The molecule has 0 aliphatic heterocycles. The molecule has 0 bridgehead atoms. The van der Waals surface area contributed by atoms with Crippen molar-refractivity contribution in [2.45, 2.75) is 19.4 Å². The van der Waals surface area contributed by atoms with Crippen LogP contribution in [0.1, 0.15) is 24.2 Å². The number of ether oxygens (including phenoxy) is 1. The van der Waals surface area contributed by atoms with E-state index in [-0.39, 0.29) is 12.1 Å². The molecule has 0 saturated heterocycles. The van der Waals surface area contributed by atoms with Crippen molar-refractivity contribution < 1.29 is 9.53 Å². The van der Waals surface area contributed by atoms with Gasteiger partial charge in [0.05, 0.1) is 18.8 Å². The fourth-order valence-electron chi connectivity index (χ4n) is 2.37. The molecule has 2 rings (SSSR count). The number of hydrogen-bond acceptors (Lipinski definition) is 3. The van der Waals surface area contributed by atoms with E-state index in [0.29, 0.717) is 18.0 Å². The molecule has 0 aliphatic carbocycles. The molecule has 0 aliphatic rings. The zero-order chi connectivity index (χ0) is 17.5. The Morgan fingerprint density at radius 3 is 2.83 bits per heavy atom. The number of rotatable bonds is 6. The van der Waals surface area contributed by atoms with Crippen molar-refractivity contribution in [3.05, 3.63) is 58.9 Å². The Kier molecular flexibility index (Phi) is 6.44. The maximum absolute atomic E-state index is 12.3. The Morgan fingerprint density at radius 1 is 1.38 bits per heavy atom. The molecule has 1 N–H and O–H groups in total. The Labute approximate surface area is 147 Å². The van der Waals surface area contributed by atoms with Crippen molar-refractivity contribution in [1.82, 2.24) is 15.2 Å². The van der Waals surface area contributed by atoms with Crippen LogP contribution in [0.25, 0.3) is 0 Å². The Hall–Kier alpha value is -2.27. The highest BCUT2D eigenvalue weighted by Crippen LogP contribution is 2.23. The number of halogens is 1. The van der Waals surface area contributed by atoms with E-state index in [4.69, 9.17) is 16.3 Å². The zero-order valence-electron chi connectivity index (χ0n) is 14.1. The molecule has 1 aromatic carbocycles. The molecule has 1 aromatic heterocycles. The van der Waals surface area contributed by atoms with Crippen molar-refractivity contribution in [3.8, 4) is 5.75 Å². The monoisotopic (exact) mass is 347 g/mol. The second-order valence-corrected chi connectivity index (χ2v) is 5.92. The van der Waals surface area contributed by atoms with Gasteiger partial charge in [-0.2, -0.15) is 0 Å². The summed E-state index contributed by atoms with van der Waals surface area (Å²) in [7, 11) is 3.38. The molecular weight excluding hydrogens is 326 g/mol. The van der Waals surface area contributed by atoms with Gasteiger partial charge in [0.1, 0.15) is 5.75 Å². The van der Waals surface area contributed by atoms with E-state index in [1.165, 1.54) is 0 Å². The summed E-state index contributed by atoms with van der Waals surface area (Å²) >= 11 is 6.02. The summed E-state index contributed by atoms with van der Waals surface area (Å²) in [6, 6.07) is 10.9. The summed E-state index contributed by atoms with van der Waals surface area (Å²) in [4.78, 5) is 18.2. The van der Waals surface area contributed by atoms with Gasteiger partial charge in [-0.3, -0.25) is 4.98 Å².